The first kappa shape index (κ1) is 11.5. The van der Waals surface area contributed by atoms with Crippen molar-refractivity contribution < 1.29 is 5.11 Å². The van der Waals surface area contributed by atoms with Gasteiger partial charge in [0.25, 0.3) is 0 Å². The molecule has 14 heavy (non-hydrogen) atoms. The largest absolute Gasteiger partial charge is 0.392 e. The molecule has 0 fully saturated rings. The van der Waals surface area contributed by atoms with Crippen LogP contribution in [0.2, 0.25) is 5.02 Å². The van der Waals surface area contributed by atoms with Gasteiger partial charge in [0, 0.05) is 10.6 Å². The third kappa shape index (κ3) is 2.10. The standard InChI is InChI=1S/C12H17ClO/c1-8-5-6-10(12(2,3)4)9(7-14)11(8)13/h5-6,14H,7H2,1-4H3. The zero-order valence-corrected chi connectivity index (χ0v) is 9.94. The lowest BCUT2D eigenvalue weighted by Gasteiger charge is -2.23. The van der Waals surface area contributed by atoms with Crippen LogP contribution in [0.5, 0.6) is 0 Å². The molecule has 0 radical (unpaired) electrons. The van der Waals surface area contributed by atoms with E-state index in [4.69, 9.17) is 11.6 Å². The number of benzene rings is 1. The van der Waals surface area contributed by atoms with Gasteiger partial charge in [0.15, 0.2) is 0 Å². The molecule has 1 rings (SSSR count). The molecule has 0 saturated heterocycles. The maximum absolute atomic E-state index is 9.30. The van der Waals surface area contributed by atoms with E-state index in [1.165, 1.54) is 0 Å². The van der Waals surface area contributed by atoms with Gasteiger partial charge in [-0.1, -0.05) is 44.5 Å². The number of aryl methyl sites for hydroxylation is 1. The van der Waals surface area contributed by atoms with Crippen molar-refractivity contribution >= 4 is 11.6 Å². The lowest BCUT2D eigenvalue weighted by Crippen LogP contribution is -2.15. The Kier molecular flexibility index (Phi) is 3.23. The van der Waals surface area contributed by atoms with E-state index < -0.39 is 0 Å². The first-order chi connectivity index (χ1) is 6.38. The Hall–Kier alpha value is -0.530. The van der Waals surface area contributed by atoms with E-state index in [0.717, 1.165) is 16.7 Å². The minimum atomic E-state index is 0.00706. The van der Waals surface area contributed by atoms with Crippen molar-refractivity contribution in [2.24, 2.45) is 0 Å². The van der Waals surface area contributed by atoms with E-state index in [0.29, 0.717) is 5.02 Å². The van der Waals surface area contributed by atoms with Crippen LogP contribution in [0.1, 0.15) is 37.5 Å². The Morgan fingerprint density at radius 2 is 1.86 bits per heavy atom. The average Bonchev–Trinajstić information content (AvgIpc) is 2.07. The van der Waals surface area contributed by atoms with Crippen LogP contribution in [0.4, 0.5) is 0 Å². The van der Waals surface area contributed by atoms with Gasteiger partial charge in [0.05, 0.1) is 6.61 Å². The van der Waals surface area contributed by atoms with Gasteiger partial charge >= 0.3 is 0 Å². The molecular weight excluding hydrogens is 196 g/mol. The molecule has 78 valence electrons. The molecule has 0 amide bonds. The van der Waals surface area contributed by atoms with Crippen LogP contribution >= 0.6 is 11.6 Å². The summed E-state index contributed by atoms with van der Waals surface area (Å²) >= 11 is 6.14. The second kappa shape index (κ2) is 3.92. The predicted octanol–water partition coefficient (Wildman–Crippen LogP) is 3.44. The summed E-state index contributed by atoms with van der Waals surface area (Å²) in [4.78, 5) is 0. The molecule has 1 N–H and O–H groups in total. The number of rotatable bonds is 1. The van der Waals surface area contributed by atoms with E-state index in [1.54, 1.807) is 0 Å². The van der Waals surface area contributed by atoms with Crippen LogP contribution in [-0.4, -0.2) is 5.11 Å². The Balaban J connectivity index is 3.39. The molecule has 1 aromatic rings. The van der Waals surface area contributed by atoms with Crippen molar-refractivity contribution in [1.82, 2.24) is 0 Å². The van der Waals surface area contributed by atoms with Gasteiger partial charge in [-0.2, -0.15) is 0 Å². The molecular formula is C12H17ClO. The van der Waals surface area contributed by atoms with Gasteiger partial charge in [-0.25, -0.2) is 0 Å². The predicted molar refractivity (Wildman–Crippen MR) is 60.8 cm³/mol. The van der Waals surface area contributed by atoms with Crippen molar-refractivity contribution in [3.8, 4) is 0 Å². The van der Waals surface area contributed by atoms with Gasteiger partial charge in [-0.05, 0) is 23.5 Å². The fraction of sp³-hybridized carbons (Fsp3) is 0.500. The number of hydrogen-bond acceptors (Lipinski definition) is 1. The van der Waals surface area contributed by atoms with E-state index in [9.17, 15) is 5.11 Å². The van der Waals surface area contributed by atoms with Crippen LogP contribution in [0.15, 0.2) is 12.1 Å². The third-order valence-corrected chi connectivity index (χ3v) is 2.93. The van der Waals surface area contributed by atoms with Crippen molar-refractivity contribution in [2.45, 2.75) is 39.7 Å². The third-order valence-electron chi connectivity index (χ3n) is 2.40. The summed E-state index contributed by atoms with van der Waals surface area (Å²) in [5.41, 5.74) is 3.02. The van der Waals surface area contributed by atoms with Crippen molar-refractivity contribution in [1.29, 1.82) is 0 Å². The maximum Gasteiger partial charge on any atom is 0.0699 e. The van der Waals surface area contributed by atoms with Crippen LogP contribution in [0.25, 0.3) is 0 Å². The number of aliphatic hydroxyl groups is 1. The zero-order valence-electron chi connectivity index (χ0n) is 9.19. The summed E-state index contributed by atoms with van der Waals surface area (Å²) in [6.45, 7) is 8.31. The molecule has 0 saturated carbocycles. The number of hydrogen-bond donors (Lipinski definition) is 1. The molecule has 0 atom stereocenters. The molecule has 1 aromatic carbocycles. The molecule has 0 aromatic heterocycles. The lowest BCUT2D eigenvalue weighted by atomic mass is 9.83. The summed E-state index contributed by atoms with van der Waals surface area (Å²) in [7, 11) is 0. The SMILES string of the molecule is Cc1ccc(C(C)(C)C)c(CO)c1Cl. The number of halogens is 1. The monoisotopic (exact) mass is 212 g/mol. The van der Waals surface area contributed by atoms with Crippen molar-refractivity contribution in [2.75, 3.05) is 0 Å². The first-order valence-electron chi connectivity index (χ1n) is 4.77. The normalized spacial score (nSPS) is 11.9. The van der Waals surface area contributed by atoms with Gasteiger partial charge in [-0.3, -0.25) is 0 Å². The summed E-state index contributed by atoms with van der Waals surface area (Å²) in [5.74, 6) is 0. The summed E-state index contributed by atoms with van der Waals surface area (Å²) in [5, 5.41) is 10.00. The van der Waals surface area contributed by atoms with Crippen LogP contribution in [-0.2, 0) is 12.0 Å². The Bertz CT molecular complexity index is 337. The topological polar surface area (TPSA) is 20.2 Å². The summed E-state index contributed by atoms with van der Waals surface area (Å²) in [6, 6.07) is 4.05. The van der Waals surface area contributed by atoms with Crippen molar-refractivity contribution in [3.05, 3.63) is 33.8 Å². The molecule has 2 heteroatoms. The highest BCUT2D eigenvalue weighted by molar-refractivity contribution is 6.32. The molecule has 0 unspecified atom stereocenters. The van der Waals surface area contributed by atoms with Gasteiger partial charge in [0.2, 0.25) is 0 Å². The van der Waals surface area contributed by atoms with Crippen LogP contribution < -0.4 is 0 Å². The highest BCUT2D eigenvalue weighted by Crippen LogP contribution is 2.32. The fourth-order valence-electron chi connectivity index (χ4n) is 1.60. The Morgan fingerprint density at radius 3 is 2.29 bits per heavy atom. The van der Waals surface area contributed by atoms with Gasteiger partial charge in [0.1, 0.15) is 0 Å². The molecule has 0 heterocycles. The van der Waals surface area contributed by atoms with Gasteiger partial charge < -0.3 is 5.11 Å². The quantitative estimate of drug-likeness (QED) is 0.756. The summed E-state index contributed by atoms with van der Waals surface area (Å²) < 4.78 is 0. The van der Waals surface area contributed by atoms with Crippen LogP contribution in [0, 0.1) is 6.92 Å². The zero-order chi connectivity index (χ0) is 10.9. The van der Waals surface area contributed by atoms with E-state index in [1.807, 2.05) is 19.1 Å². The van der Waals surface area contributed by atoms with Crippen molar-refractivity contribution in [3.63, 3.8) is 0 Å². The molecule has 0 bridgehead atoms. The first-order valence-corrected chi connectivity index (χ1v) is 5.15. The fourth-order valence-corrected chi connectivity index (χ4v) is 1.82. The smallest absolute Gasteiger partial charge is 0.0699 e. The molecule has 0 aliphatic carbocycles. The van der Waals surface area contributed by atoms with E-state index in [2.05, 4.69) is 20.8 Å². The van der Waals surface area contributed by atoms with E-state index in [-0.39, 0.29) is 12.0 Å². The van der Waals surface area contributed by atoms with E-state index >= 15 is 0 Å². The minimum Gasteiger partial charge on any atom is -0.392 e. The van der Waals surface area contributed by atoms with Gasteiger partial charge in [-0.15, -0.1) is 0 Å². The second-order valence-electron chi connectivity index (χ2n) is 4.63. The highest BCUT2D eigenvalue weighted by atomic mass is 35.5. The lowest BCUT2D eigenvalue weighted by molar-refractivity contribution is 0.278. The molecule has 0 aliphatic heterocycles. The number of aliphatic hydroxyl groups excluding tert-OH is 1. The average molecular weight is 213 g/mol. The molecule has 0 spiro atoms. The Labute approximate surface area is 90.7 Å². The maximum atomic E-state index is 9.30. The summed E-state index contributed by atoms with van der Waals surface area (Å²) in [6.07, 6.45) is 0. The highest BCUT2D eigenvalue weighted by Gasteiger charge is 2.19. The van der Waals surface area contributed by atoms with Crippen LogP contribution in [0.3, 0.4) is 0 Å². The molecule has 1 nitrogen and oxygen atoms in total. The second-order valence-corrected chi connectivity index (χ2v) is 5.01. The molecule has 0 aliphatic rings. The minimum absolute atomic E-state index is 0.00706. The Morgan fingerprint density at radius 1 is 1.29 bits per heavy atom.